The smallest absolute Gasteiger partial charge is 0.275 e. The van der Waals surface area contributed by atoms with Gasteiger partial charge in [-0.2, -0.15) is 0 Å². The maximum absolute atomic E-state index is 13.6. The van der Waals surface area contributed by atoms with Crippen molar-refractivity contribution in [1.82, 2.24) is 0 Å². The number of ether oxygens (including phenoxy) is 1. The van der Waals surface area contributed by atoms with Gasteiger partial charge in [-0.15, -0.1) is 0 Å². The summed E-state index contributed by atoms with van der Waals surface area (Å²) in [6.07, 6.45) is 0. The summed E-state index contributed by atoms with van der Waals surface area (Å²) in [5, 5.41) is 19.9. The molecule has 0 saturated carbocycles. The summed E-state index contributed by atoms with van der Waals surface area (Å²) in [7, 11) is 0. The van der Waals surface area contributed by atoms with Crippen molar-refractivity contribution in [2.24, 2.45) is 0 Å². The Balaban J connectivity index is 2.34. The predicted molar refractivity (Wildman–Crippen MR) is 70.2 cm³/mol. The van der Waals surface area contributed by atoms with Crippen LogP contribution in [0.15, 0.2) is 36.4 Å². The van der Waals surface area contributed by atoms with Gasteiger partial charge in [-0.3, -0.25) is 10.1 Å². The molecule has 0 aliphatic carbocycles. The van der Waals surface area contributed by atoms with E-state index in [0.717, 1.165) is 5.56 Å². The standard InChI is InChI=1S/C14H12FNO4/c1-9-2-4-12(15)14(6-9)20-11-3-5-13(16(18)19)10(7-11)8-17/h2-7,17H,8H2,1H3. The minimum atomic E-state index is -0.595. The zero-order valence-electron chi connectivity index (χ0n) is 10.7. The van der Waals surface area contributed by atoms with Crippen LogP contribution in [0.3, 0.4) is 0 Å². The molecule has 0 bridgehead atoms. The number of aliphatic hydroxyl groups is 1. The van der Waals surface area contributed by atoms with Gasteiger partial charge in [0, 0.05) is 6.07 Å². The largest absolute Gasteiger partial charge is 0.454 e. The minimum Gasteiger partial charge on any atom is -0.454 e. The van der Waals surface area contributed by atoms with Crippen LogP contribution in [0.25, 0.3) is 0 Å². The number of rotatable bonds is 4. The summed E-state index contributed by atoms with van der Waals surface area (Å²) in [6, 6.07) is 8.31. The highest BCUT2D eigenvalue weighted by molar-refractivity contribution is 5.46. The first-order valence-corrected chi connectivity index (χ1v) is 5.83. The second-order valence-electron chi connectivity index (χ2n) is 4.24. The lowest BCUT2D eigenvalue weighted by Crippen LogP contribution is -1.96. The summed E-state index contributed by atoms with van der Waals surface area (Å²) in [4.78, 5) is 10.1. The van der Waals surface area contributed by atoms with Gasteiger partial charge >= 0.3 is 0 Å². The number of aryl methyl sites for hydroxylation is 1. The van der Waals surface area contributed by atoms with E-state index < -0.39 is 17.3 Å². The highest BCUT2D eigenvalue weighted by Crippen LogP contribution is 2.29. The molecule has 0 fully saturated rings. The third-order valence-electron chi connectivity index (χ3n) is 2.73. The number of nitrogens with zero attached hydrogens (tertiary/aromatic N) is 1. The van der Waals surface area contributed by atoms with Crippen molar-refractivity contribution in [3.8, 4) is 11.5 Å². The first kappa shape index (κ1) is 14.0. The topological polar surface area (TPSA) is 72.6 Å². The summed E-state index contributed by atoms with van der Waals surface area (Å²) in [5.74, 6) is -0.272. The molecule has 6 heteroatoms. The first-order valence-electron chi connectivity index (χ1n) is 5.83. The summed E-state index contributed by atoms with van der Waals surface area (Å²) in [6.45, 7) is 1.30. The van der Waals surface area contributed by atoms with Gasteiger partial charge < -0.3 is 9.84 Å². The van der Waals surface area contributed by atoms with Crippen molar-refractivity contribution in [2.75, 3.05) is 0 Å². The second kappa shape index (κ2) is 5.66. The van der Waals surface area contributed by atoms with Crippen LogP contribution < -0.4 is 4.74 Å². The van der Waals surface area contributed by atoms with Crippen LogP contribution in [-0.2, 0) is 6.61 Å². The van der Waals surface area contributed by atoms with Crippen LogP contribution in [0, 0.1) is 22.9 Å². The average Bonchev–Trinajstić information content (AvgIpc) is 2.42. The molecular formula is C14H12FNO4. The van der Waals surface area contributed by atoms with Crippen molar-refractivity contribution >= 4 is 5.69 Å². The molecule has 0 aromatic heterocycles. The van der Waals surface area contributed by atoms with E-state index >= 15 is 0 Å². The maximum Gasteiger partial charge on any atom is 0.275 e. The third kappa shape index (κ3) is 2.92. The Morgan fingerprint density at radius 2 is 2.05 bits per heavy atom. The van der Waals surface area contributed by atoms with Crippen LogP contribution in [0.5, 0.6) is 11.5 Å². The Morgan fingerprint density at radius 1 is 1.30 bits per heavy atom. The number of hydrogen-bond acceptors (Lipinski definition) is 4. The van der Waals surface area contributed by atoms with Gasteiger partial charge in [0.25, 0.3) is 5.69 Å². The fourth-order valence-corrected chi connectivity index (χ4v) is 1.75. The Hall–Kier alpha value is -2.47. The number of hydrogen-bond donors (Lipinski definition) is 1. The van der Waals surface area contributed by atoms with E-state index in [-0.39, 0.29) is 22.7 Å². The van der Waals surface area contributed by atoms with E-state index in [0.29, 0.717) is 0 Å². The van der Waals surface area contributed by atoms with E-state index in [1.807, 2.05) is 0 Å². The van der Waals surface area contributed by atoms with E-state index in [1.165, 1.54) is 30.3 Å². The second-order valence-corrected chi connectivity index (χ2v) is 4.24. The Morgan fingerprint density at radius 3 is 2.70 bits per heavy atom. The van der Waals surface area contributed by atoms with E-state index in [4.69, 9.17) is 9.84 Å². The normalized spacial score (nSPS) is 10.3. The van der Waals surface area contributed by atoms with Crippen molar-refractivity contribution < 1.29 is 19.2 Å². The highest BCUT2D eigenvalue weighted by Gasteiger charge is 2.14. The predicted octanol–water partition coefficient (Wildman–Crippen LogP) is 3.33. The molecule has 104 valence electrons. The molecule has 0 radical (unpaired) electrons. The molecule has 2 rings (SSSR count). The van der Waals surface area contributed by atoms with Gasteiger partial charge in [0.15, 0.2) is 11.6 Å². The number of nitro groups is 1. The van der Waals surface area contributed by atoms with Gasteiger partial charge in [-0.25, -0.2) is 4.39 Å². The highest BCUT2D eigenvalue weighted by atomic mass is 19.1. The molecule has 2 aromatic carbocycles. The van der Waals surface area contributed by atoms with Gasteiger partial charge in [0.1, 0.15) is 5.75 Å². The van der Waals surface area contributed by atoms with Gasteiger partial charge in [-0.1, -0.05) is 6.07 Å². The third-order valence-corrected chi connectivity index (χ3v) is 2.73. The molecule has 0 heterocycles. The Kier molecular flexibility index (Phi) is 3.95. The van der Waals surface area contributed by atoms with E-state index in [2.05, 4.69) is 0 Å². The lowest BCUT2D eigenvalue weighted by atomic mass is 10.2. The van der Waals surface area contributed by atoms with Crippen LogP contribution in [0.4, 0.5) is 10.1 Å². The minimum absolute atomic E-state index is 0.0303. The average molecular weight is 277 g/mol. The lowest BCUT2D eigenvalue weighted by molar-refractivity contribution is -0.385. The number of aliphatic hydroxyl groups excluding tert-OH is 1. The quantitative estimate of drug-likeness (QED) is 0.687. The van der Waals surface area contributed by atoms with Crippen molar-refractivity contribution in [3.63, 3.8) is 0 Å². The molecule has 0 spiro atoms. The van der Waals surface area contributed by atoms with Crippen LogP contribution in [0.2, 0.25) is 0 Å². The summed E-state index contributed by atoms with van der Waals surface area (Å²) in [5.41, 5.74) is 0.732. The van der Waals surface area contributed by atoms with Gasteiger partial charge in [0.05, 0.1) is 17.1 Å². The number of halogens is 1. The Labute approximate surface area is 114 Å². The van der Waals surface area contributed by atoms with Crippen molar-refractivity contribution in [3.05, 3.63) is 63.5 Å². The van der Waals surface area contributed by atoms with Crippen LogP contribution in [0.1, 0.15) is 11.1 Å². The summed E-state index contributed by atoms with van der Waals surface area (Å²) >= 11 is 0. The molecule has 5 nitrogen and oxygen atoms in total. The molecule has 20 heavy (non-hydrogen) atoms. The fraction of sp³-hybridized carbons (Fsp3) is 0.143. The van der Waals surface area contributed by atoms with Crippen molar-refractivity contribution in [1.29, 1.82) is 0 Å². The molecule has 0 aliphatic rings. The fourth-order valence-electron chi connectivity index (χ4n) is 1.75. The van der Waals surface area contributed by atoms with E-state index in [9.17, 15) is 14.5 Å². The molecule has 2 aromatic rings. The zero-order valence-corrected chi connectivity index (χ0v) is 10.7. The molecule has 0 saturated heterocycles. The van der Waals surface area contributed by atoms with E-state index in [1.54, 1.807) is 13.0 Å². The molecule has 0 aliphatic heterocycles. The number of nitro benzene ring substituents is 1. The zero-order chi connectivity index (χ0) is 14.7. The molecular weight excluding hydrogens is 265 g/mol. The van der Waals surface area contributed by atoms with Crippen LogP contribution in [-0.4, -0.2) is 10.0 Å². The Bertz CT molecular complexity index is 658. The van der Waals surface area contributed by atoms with Gasteiger partial charge in [0.2, 0.25) is 0 Å². The van der Waals surface area contributed by atoms with Crippen LogP contribution >= 0.6 is 0 Å². The number of benzene rings is 2. The molecule has 1 N–H and O–H groups in total. The summed E-state index contributed by atoms with van der Waals surface area (Å²) < 4.78 is 18.9. The molecule has 0 amide bonds. The first-order chi connectivity index (χ1) is 9.51. The van der Waals surface area contributed by atoms with Crippen molar-refractivity contribution in [2.45, 2.75) is 13.5 Å². The maximum atomic E-state index is 13.6. The van der Waals surface area contributed by atoms with Gasteiger partial charge in [-0.05, 0) is 36.8 Å². The molecule has 0 atom stereocenters. The molecule has 0 unspecified atom stereocenters. The lowest BCUT2D eigenvalue weighted by Gasteiger charge is -2.09. The monoisotopic (exact) mass is 277 g/mol. The SMILES string of the molecule is Cc1ccc(F)c(Oc2ccc([N+](=O)[O-])c(CO)c2)c1.